The third-order valence-corrected chi connectivity index (χ3v) is 3.87. The molecule has 94 valence electrons. The maximum Gasteiger partial charge on any atom is 0.303 e. The van der Waals surface area contributed by atoms with Crippen molar-refractivity contribution in [2.75, 3.05) is 6.54 Å². The molecule has 1 aromatic rings. The lowest BCUT2D eigenvalue weighted by Crippen LogP contribution is -2.24. The summed E-state index contributed by atoms with van der Waals surface area (Å²) in [6.45, 7) is 0.430. The Bertz CT molecular complexity index is 392. The molecule has 0 atom stereocenters. The average Bonchev–Trinajstić information content (AvgIpc) is 2.67. The van der Waals surface area contributed by atoms with Gasteiger partial charge in [0.05, 0.1) is 0 Å². The number of hydrogen-bond acceptors (Lipinski definition) is 3. The van der Waals surface area contributed by atoms with Gasteiger partial charge in [0.1, 0.15) is 0 Å². The molecule has 0 spiro atoms. The molecule has 0 saturated carbocycles. The number of carboxylic acids is 1. The summed E-state index contributed by atoms with van der Waals surface area (Å²) in [7, 11) is 0. The zero-order valence-corrected chi connectivity index (χ0v) is 11.6. The van der Waals surface area contributed by atoms with Gasteiger partial charge in [-0.15, -0.1) is 11.3 Å². The van der Waals surface area contributed by atoms with E-state index < -0.39 is 5.97 Å². The van der Waals surface area contributed by atoms with Gasteiger partial charge in [-0.05, 0) is 34.8 Å². The highest BCUT2D eigenvalue weighted by Gasteiger charge is 2.04. The number of aryl methyl sites for hydroxylation is 1. The summed E-state index contributed by atoms with van der Waals surface area (Å²) in [5.74, 6) is -0.859. The summed E-state index contributed by atoms with van der Waals surface area (Å²) in [6.07, 6.45) is 1.74. The molecule has 0 aliphatic carbocycles. The molecule has 1 amide bonds. The number of carbonyl (C=O) groups is 2. The highest BCUT2D eigenvalue weighted by atomic mass is 79.9. The lowest BCUT2D eigenvalue weighted by molar-refractivity contribution is -0.137. The fourth-order valence-electron chi connectivity index (χ4n) is 1.28. The highest BCUT2D eigenvalue weighted by Crippen LogP contribution is 2.20. The summed E-state index contributed by atoms with van der Waals surface area (Å²) in [4.78, 5) is 22.8. The Labute approximate surface area is 112 Å². The molecule has 1 heterocycles. The predicted molar refractivity (Wildman–Crippen MR) is 70.2 cm³/mol. The van der Waals surface area contributed by atoms with Crippen molar-refractivity contribution in [1.29, 1.82) is 0 Å². The predicted octanol–water partition coefficient (Wildman–Crippen LogP) is 2.42. The average molecular weight is 320 g/mol. The quantitative estimate of drug-likeness (QED) is 0.758. The molecular weight excluding hydrogens is 306 g/mol. The Hall–Kier alpha value is -0.880. The molecule has 4 nitrogen and oxygen atoms in total. The highest BCUT2D eigenvalue weighted by molar-refractivity contribution is 9.10. The van der Waals surface area contributed by atoms with E-state index in [4.69, 9.17) is 5.11 Å². The minimum Gasteiger partial charge on any atom is -0.481 e. The zero-order valence-electron chi connectivity index (χ0n) is 9.24. The van der Waals surface area contributed by atoms with Crippen LogP contribution >= 0.6 is 27.3 Å². The van der Waals surface area contributed by atoms with E-state index in [2.05, 4.69) is 21.2 Å². The summed E-state index contributed by atoms with van der Waals surface area (Å²) < 4.78 is 1.04. The molecule has 0 aliphatic heterocycles. The smallest absolute Gasteiger partial charge is 0.303 e. The summed E-state index contributed by atoms with van der Waals surface area (Å²) in [6, 6.07) is 2.00. The van der Waals surface area contributed by atoms with Gasteiger partial charge in [-0.3, -0.25) is 9.59 Å². The number of aliphatic carboxylic acids is 1. The first-order chi connectivity index (χ1) is 8.08. The second-order valence-corrected chi connectivity index (χ2v) is 5.49. The van der Waals surface area contributed by atoms with E-state index in [0.717, 1.165) is 15.8 Å². The Morgan fingerprint density at radius 2 is 2.18 bits per heavy atom. The van der Waals surface area contributed by atoms with Crippen molar-refractivity contribution in [3.8, 4) is 0 Å². The first-order valence-corrected chi connectivity index (χ1v) is 6.96. The molecule has 0 bridgehead atoms. The summed E-state index contributed by atoms with van der Waals surface area (Å²) in [5, 5.41) is 13.1. The fourth-order valence-corrected chi connectivity index (χ4v) is 2.73. The fraction of sp³-hybridized carbons (Fsp3) is 0.455. The van der Waals surface area contributed by atoms with E-state index >= 15 is 0 Å². The molecule has 2 N–H and O–H groups in total. The Balaban J connectivity index is 2.11. The first kappa shape index (κ1) is 14.2. The number of amides is 1. The van der Waals surface area contributed by atoms with Gasteiger partial charge in [0, 0.05) is 34.1 Å². The normalized spacial score (nSPS) is 10.2. The van der Waals surface area contributed by atoms with Crippen molar-refractivity contribution >= 4 is 39.1 Å². The van der Waals surface area contributed by atoms with Gasteiger partial charge >= 0.3 is 5.97 Å². The number of nitrogens with one attached hydrogen (secondary N) is 1. The van der Waals surface area contributed by atoms with E-state index in [1.54, 1.807) is 11.3 Å². The Kier molecular flexibility index (Phi) is 6.21. The van der Waals surface area contributed by atoms with Crippen molar-refractivity contribution in [3.05, 3.63) is 20.8 Å². The standard InChI is InChI=1S/C11H14BrNO3S/c12-8-6-9(17-7-8)3-4-10(14)13-5-1-2-11(15)16/h6-7H,1-5H2,(H,13,14)(H,15,16). The molecule has 1 rings (SSSR count). The van der Waals surface area contributed by atoms with Crippen LogP contribution < -0.4 is 5.32 Å². The van der Waals surface area contributed by atoms with Crippen LogP contribution in [0.15, 0.2) is 15.9 Å². The second kappa shape index (κ2) is 7.45. The van der Waals surface area contributed by atoms with Gasteiger partial charge in [-0.2, -0.15) is 0 Å². The lowest BCUT2D eigenvalue weighted by atomic mass is 10.2. The largest absolute Gasteiger partial charge is 0.481 e. The third-order valence-electron chi connectivity index (χ3n) is 2.11. The van der Waals surface area contributed by atoms with Gasteiger partial charge in [0.25, 0.3) is 0 Å². The van der Waals surface area contributed by atoms with E-state index in [9.17, 15) is 9.59 Å². The van der Waals surface area contributed by atoms with Crippen LogP contribution in [0.5, 0.6) is 0 Å². The summed E-state index contributed by atoms with van der Waals surface area (Å²) >= 11 is 4.98. The van der Waals surface area contributed by atoms with Crippen LogP contribution in [0.1, 0.15) is 24.1 Å². The molecule has 0 radical (unpaired) electrons. The van der Waals surface area contributed by atoms with Gasteiger partial charge in [0.15, 0.2) is 0 Å². The monoisotopic (exact) mass is 319 g/mol. The maximum absolute atomic E-state index is 11.4. The van der Waals surface area contributed by atoms with Crippen LogP contribution in [0.3, 0.4) is 0 Å². The van der Waals surface area contributed by atoms with Crippen LogP contribution in [0.2, 0.25) is 0 Å². The van der Waals surface area contributed by atoms with Crippen LogP contribution in [0, 0.1) is 0 Å². The molecule has 0 aliphatic rings. The molecule has 0 saturated heterocycles. The molecule has 0 fully saturated rings. The Morgan fingerprint density at radius 3 is 2.76 bits per heavy atom. The second-order valence-electron chi connectivity index (χ2n) is 3.58. The molecule has 0 unspecified atom stereocenters. The topological polar surface area (TPSA) is 66.4 Å². The number of halogens is 1. The van der Waals surface area contributed by atoms with Gasteiger partial charge < -0.3 is 10.4 Å². The Morgan fingerprint density at radius 1 is 1.41 bits per heavy atom. The number of rotatable bonds is 7. The van der Waals surface area contributed by atoms with Gasteiger partial charge in [-0.1, -0.05) is 0 Å². The molecule has 0 aromatic carbocycles. The van der Waals surface area contributed by atoms with Crippen LogP contribution in [-0.4, -0.2) is 23.5 Å². The zero-order chi connectivity index (χ0) is 12.7. The minimum absolute atomic E-state index is 0.0279. The molecule has 1 aromatic heterocycles. The molecular formula is C11H14BrNO3S. The van der Waals surface area contributed by atoms with E-state index in [1.807, 2.05) is 11.4 Å². The van der Waals surface area contributed by atoms with Gasteiger partial charge in [0.2, 0.25) is 5.91 Å². The van der Waals surface area contributed by atoms with Crippen LogP contribution in [-0.2, 0) is 16.0 Å². The van der Waals surface area contributed by atoms with Crippen molar-refractivity contribution in [2.24, 2.45) is 0 Å². The van der Waals surface area contributed by atoms with Crippen LogP contribution in [0.25, 0.3) is 0 Å². The summed E-state index contributed by atoms with van der Waals surface area (Å²) in [5.41, 5.74) is 0. The lowest BCUT2D eigenvalue weighted by Gasteiger charge is -2.03. The number of hydrogen-bond donors (Lipinski definition) is 2. The van der Waals surface area contributed by atoms with Crippen molar-refractivity contribution < 1.29 is 14.7 Å². The van der Waals surface area contributed by atoms with Crippen molar-refractivity contribution in [1.82, 2.24) is 5.32 Å². The van der Waals surface area contributed by atoms with Crippen molar-refractivity contribution in [2.45, 2.75) is 25.7 Å². The van der Waals surface area contributed by atoms with E-state index in [-0.39, 0.29) is 12.3 Å². The van der Waals surface area contributed by atoms with Crippen molar-refractivity contribution in [3.63, 3.8) is 0 Å². The number of thiophene rings is 1. The maximum atomic E-state index is 11.4. The molecule has 17 heavy (non-hydrogen) atoms. The van der Waals surface area contributed by atoms with E-state index in [0.29, 0.717) is 19.4 Å². The SMILES string of the molecule is O=C(O)CCCNC(=O)CCc1cc(Br)cs1. The van der Waals surface area contributed by atoms with Crippen LogP contribution in [0.4, 0.5) is 0 Å². The molecule has 6 heteroatoms. The third kappa shape index (κ3) is 6.43. The number of carboxylic acid groups (broad SMARTS) is 1. The first-order valence-electron chi connectivity index (χ1n) is 5.29. The number of carbonyl (C=O) groups excluding carboxylic acids is 1. The van der Waals surface area contributed by atoms with E-state index in [1.165, 1.54) is 0 Å². The van der Waals surface area contributed by atoms with Gasteiger partial charge in [-0.25, -0.2) is 0 Å². The minimum atomic E-state index is -0.831.